The van der Waals surface area contributed by atoms with Crippen molar-refractivity contribution >= 4 is 51.6 Å². The zero-order valence-electron chi connectivity index (χ0n) is 9.88. The number of benzene rings is 1. The third-order valence-corrected chi connectivity index (χ3v) is 4.26. The van der Waals surface area contributed by atoms with Crippen molar-refractivity contribution in [1.82, 2.24) is 5.32 Å². The summed E-state index contributed by atoms with van der Waals surface area (Å²) in [6, 6.07) is 3.42. The fourth-order valence-electron chi connectivity index (χ4n) is 1.35. The van der Waals surface area contributed by atoms with Gasteiger partial charge in [-0.05, 0) is 34.7 Å². The van der Waals surface area contributed by atoms with E-state index in [-0.39, 0.29) is 11.7 Å². The molecule has 0 atom stereocenters. The highest BCUT2D eigenvalue weighted by Crippen LogP contribution is 2.32. The first-order valence-corrected chi connectivity index (χ1v) is 7.27. The summed E-state index contributed by atoms with van der Waals surface area (Å²) in [5, 5.41) is 20.7. The number of phenolic OH excluding ortho intramolecular Hbond substituents is 1. The molecule has 1 amide bonds. The highest BCUT2D eigenvalue weighted by Gasteiger charge is 2.16. The van der Waals surface area contributed by atoms with Gasteiger partial charge in [-0.25, -0.2) is 0 Å². The average molecular weight is 391 g/mol. The van der Waals surface area contributed by atoms with E-state index in [0.29, 0.717) is 20.2 Å². The van der Waals surface area contributed by atoms with Gasteiger partial charge in [-0.2, -0.15) is 5.10 Å². The first-order valence-electron chi connectivity index (χ1n) is 5.21. The summed E-state index contributed by atoms with van der Waals surface area (Å²) < 4.78 is 5.63. The SMILES string of the molecule is COc1ccc(C=NN=C2NC(=O)CS2)c(I)c1O. The maximum absolute atomic E-state index is 10.9. The van der Waals surface area contributed by atoms with Gasteiger partial charge in [-0.3, -0.25) is 4.79 Å². The second kappa shape index (κ2) is 6.24. The number of amides is 1. The number of hydrogen-bond acceptors (Lipinski definition) is 6. The summed E-state index contributed by atoms with van der Waals surface area (Å²) in [7, 11) is 1.49. The van der Waals surface area contributed by atoms with Gasteiger partial charge in [-0.1, -0.05) is 11.8 Å². The lowest BCUT2D eigenvalue weighted by atomic mass is 10.2. The van der Waals surface area contributed by atoms with Crippen LogP contribution in [0.15, 0.2) is 22.3 Å². The van der Waals surface area contributed by atoms with Crippen molar-refractivity contribution < 1.29 is 14.6 Å². The van der Waals surface area contributed by atoms with Gasteiger partial charge in [0, 0.05) is 5.56 Å². The van der Waals surface area contributed by atoms with Gasteiger partial charge in [0.25, 0.3) is 0 Å². The molecule has 0 bridgehead atoms. The molecule has 0 saturated carbocycles. The Morgan fingerprint density at radius 1 is 1.58 bits per heavy atom. The molecule has 1 fully saturated rings. The Morgan fingerprint density at radius 2 is 2.37 bits per heavy atom. The van der Waals surface area contributed by atoms with Gasteiger partial charge in [0.05, 0.1) is 22.6 Å². The van der Waals surface area contributed by atoms with Gasteiger partial charge in [0.15, 0.2) is 16.7 Å². The van der Waals surface area contributed by atoms with Crippen LogP contribution in [0.2, 0.25) is 0 Å². The number of carbonyl (C=O) groups excluding carboxylic acids is 1. The first-order chi connectivity index (χ1) is 9.11. The number of ether oxygens (including phenoxy) is 1. The third kappa shape index (κ3) is 3.38. The molecule has 1 saturated heterocycles. The van der Waals surface area contributed by atoms with E-state index >= 15 is 0 Å². The summed E-state index contributed by atoms with van der Waals surface area (Å²) in [6.45, 7) is 0. The van der Waals surface area contributed by atoms with Crippen LogP contribution in [0, 0.1) is 3.57 Å². The summed E-state index contributed by atoms with van der Waals surface area (Å²) in [4.78, 5) is 10.9. The molecule has 1 aliphatic heterocycles. The molecule has 1 aromatic rings. The van der Waals surface area contributed by atoms with Crippen LogP contribution in [0.1, 0.15) is 5.56 Å². The molecule has 0 aromatic heterocycles. The van der Waals surface area contributed by atoms with Crippen molar-refractivity contribution in [3.05, 3.63) is 21.3 Å². The summed E-state index contributed by atoms with van der Waals surface area (Å²) in [5.74, 6) is 0.778. The van der Waals surface area contributed by atoms with E-state index in [1.165, 1.54) is 25.1 Å². The molecule has 0 spiro atoms. The van der Waals surface area contributed by atoms with Crippen molar-refractivity contribution in [2.45, 2.75) is 0 Å². The van der Waals surface area contributed by atoms with Crippen LogP contribution < -0.4 is 10.1 Å². The zero-order chi connectivity index (χ0) is 13.8. The van der Waals surface area contributed by atoms with E-state index < -0.39 is 0 Å². The maximum atomic E-state index is 10.9. The van der Waals surface area contributed by atoms with Crippen LogP contribution in [-0.4, -0.2) is 35.3 Å². The van der Waals surface area contributed by atoms with E-state index in [1.54, 1.807) is 12.1 Å². The topological polar surface area (TPSA) is 83.3 Å². The molecule has 8 heteroatoms. The van der Waals surface area contributed by atoms with Crippen molar-refractivity contribution in [2.75, 3.05) is 12.9 Å². The van der Waals surface area contributed by atoms with E-state index in [1.807, 2.05) is 22.6 Å². The Labute approximate surface area is 127 Å². The average Bonchev–Trinajstić information content (AvgIpc) is 2.81. The number of amidine groups is 1. The van der Waals surface area contributed by atoms with Gasteiger partial charge >= 0.3 is 0 Å². The van der Waals surface area contributed by atoms with Crippen LogP contribution in [-0.2, 0) is 4.79 Å². The highest BCUT2D eigenvalue weighted by molar-refractivity contribution is 14.1. The van der Waals surface area contributed by atoms with E-state index in [4.69, 9.17) is 4.74 Å². The predicted molar refractivity (Wildman–Crippen MR) is 83.0 cm³/mol. The molecule has 1 aliphatic rings. The van der Waals surface area contributed by atoms with Crippen molar-refractivity contribution in [3.63, 3.8) is 0 Å². The molecular weight excluding hydrogens is 381 g/mol. The fourth-order valence-corrected chi connectivity index (χ4v) is 2.57. The summed E-state index contributed by atoms with van der Waals surface area (Å²) in [5.41, 5.74) is 0.720. The molecule has 2 N–H and O–H groups in total. The Bertz CT molecular complexity index is 575. The largest absolute Gasteiger partial charge is 0.504 e. The number of methoxy groups -OCH3 is 1. The van der Waals surface area contributed by atoms with Crippen LogP contribution in [0.3, 0.4) is 0 Å². The number of rotatable bonds is 3. The van der Waals surface area contributed by atoms with Gasteiger partial charge < -0.3 is 15.2 Å². The fraction of sp³-hybridized carbons (Fsp3) is 0.182. The minimum atomic E-state index is -0.0735. The van der Waals surface area contributed by atoms with Crippen LogP contribution in [0.25, 0.3) is 0 Å². The number of aromatic hydroxyl groups is 1. The molecule has 6 nitrogen and oxygen atoms in total. The zero-order valence-corrected chi connectivity index (χ0v) is 12.9. The number of nitrogens with zero attached hydrogens (tertiary/aromatic N) is 2. The minimum Gasteiger partial charge on any atom is -0.504 e. The molecule has 19 heavy (non-hydrogen) atoms. The van der Waals surface area contributed by atoms with Crippen LogP contribution in [0.5, 0.6) is 11.5 Å². The summed E-state index contributed by atoms with van der Waals surface area (Å²) in [6.07, 6.45) is 1.51. The Morgan fingerprint density at radius 3 is 3.00 bits per heavy atom. The van der Waals surface area contributed by atoms with Crippen molar-refractivity contribution in [3.8, 4) is 11.5 Å². The van der Waals surface area contributed by atoms with Crippen LogP contribution in [0.4, 0.5) is 0 Å². The normalized spacial score (nSPS) is 17.2. The molecule has 0 radical (unpaired) electrons. The Hall–Kier alpha value is -1.29. The lowest BCUT2D eigenvalue weighted by molar-refractivity contribution is -0.116. The molecular formula is C11H10IN3O3S. The van der Waals surface area contributed by atoms with Gasteiger partial charge in [0.1, 0.15) is 0 Å². The smallest absolute Gasteiger partial charge is 0.236 e. The molecule has 2 rings (SSSR count). The number of nitrogens with one attached hydrogen (secondary N) is 1. The molecule has 0 unspecified atom stereocenters. The molecule has 1 aromatic carbocycles. The lowest BCUT2D eigenvalue weighted by Gasteiger charge is -2.06. The number of halogens is 1. The Kier molecular flexibility index (Phi) is 4.64. The second-order valence-electron chi connectivity index (χ2n) is 3.51. The maximum Gasteiger partial charge on any atom is 0.236 e. The summed E-state index contributed by atoms with van der Waals surface area (Å²) >= 11 is 3.30. The van der Waals surface area contributed by atoms with Gasteiger partial charge in [-0.15, -0.1) is 5.10 Å². The highest BCUT2D eigenvalue weighted by atomic mass is 127. The molecule has 1 heterocycles. The number of carbonyl (C=O) groups is 1. The Balaban J connectivity index is 2.15. The first kappa shape index (κ1) is 14.1. The quantitative estimate of drug-likeness (QED) is 0.466. The number of phenols is 1. The number of thioether (sulfide) groups is 1. The number of hydrogen-bond donors (Lipinski definition) is 2. The van der Waals surface area contributed by atoms with Crippen molar-refractivity contribution in [2.24, 2.45) is 10.2 Å². The lowest BCUT2D eigenvalue weighted by Crippen LogP contribution is -2.19. The van der Waals surface area contributed by atoms with Crippen molar-refractivity contribution in [1.29, 1.82) is 0 Å². The molecule has 100 valence electrons. The minimum absolute atomic E-state index is 0.0725. The second-order valence-corrected chi connectivity index (χ2v) is 5.55. The monoisotopic (exact) mass is 391 g/mol. The molecule has 0 aliphatic carbocycles. The predicted octanol–water partition coefficient (Wildman–Crippen LogP) is 1.56. The van der Waals surface area contributed by atoms with Gasteiger partial charge in [0.2, 0.25) is 5.91 Å². The van der Waals surface area contributed by atoms with E-state index in [9.17, 15) is 9.90 Å². The van der Waals surface area contributed by atoms with E-state index in [2.05, 4.69) is 15.5 Å². The standard InChI is InChI=1S/C11H10IN3O3S/c1-18-7-3-2-6(9(12)10(7)17)4-13-15-11-14-8(16)5-19-11/h2-4,17H,5H2,1H3,(H,14,15,16). The van der Waals surface area contributed by atoms with Crippen LogP contribution >= 0.6 is 34.4 Å². The van der Waals surface area contributed by atoms with E-state index in [0.717, 1.165) is 5.56 Å². The third-order valence-electron chi connectivity index (χ3n) is 2.26.